The van der Waals surface area contributed by atoms with Crippen molar-refractivity contribution in [2.24, 2.45) is 0 Å². The molecule has 6 nitrogen and oxygen atoms in total. The van der Waals surface area contributed by atoms with E-state index in [2.05, 4.69) is 5.10 Å². The summed E-state index contributed by atoms with van der Waals surface area (Å²) in [5.41, 5.74) is 3.22. The molecule has 0 radical (unpaired) electrons. The molecule has 0 N–H and O–H groups in total. The molecule has 1 amide bonds. The van der Waals surface area contributed by atoms with E-state index in [0.29, 0.717) is 32.0 Å². The number of carbonyl (C=O) groups is 1. The van der Waals surface area contributed by atoms with Gasteiger partial charge in [-0.2, -0.15) is 5.10 Å². The highest BCUT2D eigenvalue weighted by atomic mass is 16.5. The Morgan fingerprint density at radius 3 is 2.72 bits per heavy atom. The summed E-state index contributed by atoms with van der Waals surface area (Å²) in [6, 6.07) is 13.6. The summed E-state index contributed by atoms with van der Waals surface area (Å²) in [5, 5.41) is 4.50. The van der Waals surface area contributed by atoms with Crippen molar-refractivity contribution in [3.63, 3.8) is 0 Å². The zero-order valence-corrected chi connectivity index (χ0v) is 14.0. The van der Waals surface area contributed by atoms with Crippen molar-refractivity contribution in [2.45, 2.75) is 0 Å². The molecule has 1 aromatic carbocycles. The van der Waals surface area contributed by atoms with Gasteiger partial charge in [0.1, 0.15) is 11.4 Å². The molecule has 25 heavy (non-hydrogen) atoms. The van der Waals surface area contributed by atoms with Gasteiger partial charge in [-0.05, 0) is 24.3 Å². The average molecular weight is 337 g/mol. The van der Waals surface area contributed by atoms with Crippen LogP contribution in [-0.4, -0.2) is 53.8 Å². The maximum atomic E-state index is 12.9. The topological polar surface area (TPSA) is 56.1 Å². The predicted molar refractivity (Wildman–Crippen MR) is 93.9 cm³/mol. The van der Waals surface area contributed by atoms with Crippen LogP contribution in [-0.2, 0) is 4.74 Å². The van der Waals surface area contributed by atoms with Gasteiger partial charge in [0.15, 0.2) is 0 Å². The Labute approximate surface area is 145 Å². The van der Waals surface area contributed by atoms with Gasteiger partial charge in [0, 0.05) is 30.4 Å². The minimum absolute atomic E-state index is 0.0740. The molecule has 128 valence electrons. The Morgan fingerprint density at radius 1 is 1.12 bits per heavy atom. The zero-order valence-electron chi connectivity index (χ0n) is 14.0. The number of ether oxygens (including phenoxy) is 2. The molecule has 0 atom stereocenters. The number of benzene rings is 1. The Morgan fingerprint density at radius 2 is 1.92 bits per heavy atom. The number of fused-ring (bicyclic) bond motifs is 1. The van der Waals surface area contributed by atoms with Crippen molar-refractivity contribution in [2.75, 3.05) is 33.4 Å². The standard InChI is InChI=1S/C19H19N3O3/c1-24-18-7-3-2-5-14(18)15-13-16(20-22-8-4-6-17(15)22)19(23)21-9-11-25-12-10-21/h2-8,13H,9-12H2,1H3. The van der Waals surface area contributed by atoms with Crippen LogP contribution in [0.5, 0.6) is 5.75 Å². The molecule has 0 bridgehead atoms. The van der Waals surface area contributed by atoms with E-state index < -0.39 is 0 Å². The summed E-state index contributed by atoms with van der Waals surface area (Å²) >= 11 is 0. The first-order valence-electron chi connectivity index (χ1n) is 8.27. The van der Waals surface area contributed by atoms with Gasteiger partial charge in [0.25, 0.3) is 5.91 Å². The van der Waals surface area contributed by atoms with Gasteiger partial charge in [-0.1, -0.05) is 18.2 Å². The van der Waals surface area contributed by atoms with Crippen LogP contribution in [0, 0.1) is 0 Å². The van der Waals surface area contributed by atoms with Crippen LogP contribution in [0.25, 0.3) is 16.6 Å². The minimum atomic E-state index is -0.0740. The number of aromatic nitrogens is 2. The first kappa shape index (κ1) is 15.7. The molecule has 1 fully saturated rings. The molecule has 0 aliphatic carbocycles. The number of amides is 1. The van der Waals surface area contributed by atoms with Crippen LogP contribution in [0.1, 0.15) is 10.5 Å². The molecule has 1 saturated heterocycles. The fourth-order valence-corrected chi connectivity index (χ4v) is 3.14. The Bertz CT molecular complexity index is 913. The normalized spacial score (nSPS) is 14.7. The third kappa shape index (κ3) is 2.85. The van der Waals surface area contributed by atoms with Crippen molar-refractivity contribution in [3.8, 4) is 16.9 Å². The molecule has 3 aromatic rings. The van der Waals surface area contributed by atoms with Gasteiger partial charge < -0.3 is 14.4 Å². The first-order valence-corrected chi connectivity index (χ1v) is 8.27. The lowest BCUT2D eigenvalue weighted by Crippen LogP contribution is -2.41. The molecule has 2 aromatic heterocycles. The van der Waals surface area contributed by atoms with Gasteiger partial charge in [-0.15, -0.1) is 0 Å². The highest BCUT2D eigenvalue weighted by molar-refractivity contribution is 5.95. The van der Waals surface area contributed by atoms with Crippen molar-refractivity contribution in [1.82, 2.24) is 14.5 Å². The van der Waals surface area contributed by atoms with E-state index >= 15 is 0 Å². The number of carbonyl (C=O) groups excluding carboxylic acids is 1. The van der Waals surface area contributed by atoms with Crippen LogP contribution in [0.2, 0.25) is 0 Å². The number of para-hydroxylation sites is 1. The van der Waals surface area contributed by atoms with E-state index in [1.165, 1.54) is 0 Å². The van der Waals surface area contributed by atoms with Gasteiger partial charge in [0.05, 0.1) is 25.8 Å². The lowest BCUT2D eigenvalue weighted by molar-refractivity contribution is 0.0298. The lowest BCUT2D eigenvalue weighted by Gasteiger charge is -2.26. The van der Waals surface area contributed by atoms with Crippen LogP contribution in [0.4, 0.5) is 0 Å². The smallest absolute Gasteiger partial charge is 0.274 e. The number of nitrogens with zero attached hydrogens (tertiary/aromatic N) is 3. The lowest BCUT2D eigenvalue weighted by atomic mass is 10.0. The number of morpholine rings is 1. The molecular formula is C19H19N3O3. The number of hydrogen-bond donors (Lipinski definition) is 0. The third-order valence-corrected chi connectivity index (χ3v) is 4.42. The number of hydrogen-bond acceptors (Lipinski definition) is 4. The van der Waals surface area contributed by atoms with E-state index in [9.17, 15) is 4.79 Å². The largest absolute Gasteiger partial charge is 0.496 e. The Kier molecular flexibility index (Phi) is 4.11. The molecule has 4 rings (SSSR count). The summed E-state index contributed by atoms with van der Waals surface area (Å²) in [6.45, 7) is 2.32. The van der Waals surface area contributed by atoms with E-state index in [4.69, 9.17) is 9.47 Å². The SMILES string of the molecule is COc1ccccc1-c1cc(C(=O)N2CCOCC2)nn2cccc12. The molecule has 6 heteroatoms. The second-order valence-electron chi connectivity index (χ2n) is 5.89. The fourth-order valence-electron chi connectivity index (χ4n) is 3.14. The van der Waals surface area contributed by atoms with Gasteiger partial charge in [-0.3, -0.25) is 4.79 Å². The zero-order chi connectivity index (χ0) is 17.2. The maximum absolute atomic E-state index is 12.9. The highest BCUT2D eigenvalue weighted by Gasteiger charge is 2.22. The monoisotopic (exact) mass is 337 g/mol. The molecule has 3 heterocycles. The molecule has 1 aliphatic rings. The first-order chi connectivity index (χ1) is 12.3. The number of methoxy groups -OCH3 is 1. The Balaban J connectivity index is 1.84. The quantitative estimate of drug-likeness (QED) is 0.737. The van der Waals surface area contributed by atoms with Crippen molar-refractivity contribution < 1.29 is 14.3 Å². The minimum Gasteiger partial charge on any atom is -0.496 e. The maximum Gasteiger partial charge on any atom is 0.274 e. The summed E-state index contributed by atoms with van der Waals surface area (Å²) in [5.74, 6) is 0.691. The summed E-state index contributed by atoms with van der Waals surface area (Å²) in [7, 11) is 1.65. The Hall–Kier alpha value is -2.86. The van der Waals surface area contributed by atoms with Crippen LogP contribution in [0.3, 0.4) is 0 Å². The van der Waals surface area contributed by atoms with E-state index in [1.807, 2.05) is 48.7 Å². The van der Waals surface area contributed by atoms with Crippen LogP contribution in [0.15, 0.2) is 48.7 Å². The van der Waals surface area contributed by atoms with E-state index in [1.54, 1.807) is 16.5 Å². The molecule has 0 spiro atoms. The average Bonchev–Trinajstić information content (AvgIpc) is 3.16. The van der Waals surface area contributed by atoms with Crippen LogP contribution < -0.4 is 4.74 Å². The van der Waals surface area contributed by atoms with Crippen molar-refractivity contribution in [1.29, 1.82) is 0 Å². The van der Waals surface area contributed by atoms with E-state index in [0.717, 1.165) is 22.4 Å². The second kappa shape index (κ2) is 6.57. The molecule has 0 saturated carbocycles. The molecule has 1 aliphatic heterocycles. The van der Waals surface area contributed by atoms with Crippen molar-refractivity contribution in [3.05, 3.63) is 54.4 Å². The van der Waals surface area contributed by atoms with E-state index in [-0.39, 0.29) is 5.91 Å². The van der Waals surface area contributed by atoms with Crippen LogP contribution >= 0.6 is 0 Å². The highest BCUT2D eigenvalue weighted by Crippen LogP contribution is 2.33. The predicted octanol–water partition coefficient (Wildman–Crippen LogP) is 2.48. The molecule has 0 unspecified atom stereocenters. The van der Waals surface area contributed by atoms with Crippen molar-refractivity contribution >= 4 is 11.4 Å². The van der Waals surface area contributed by atoms with Gasteiger partial charge in [-0.25, -0.2) is 4.52 Å². The molecular weight excluding hydrogens is 318 g/mol. The van der Waals surface area contributed by atoms with Gasteiger partial charge >= 0.3 is 0 Å². The summed E-state index contributed by atoms with van der Waals surface area (Å²) in [4.78, 5) is 14.7. The second-order valence-corrected chi connectivity index (χ2v) is 5.89. The third-order valence-electron chi connectivity index (χ3n) is 4.42. The summed E-state index contributed by atoms with van der Waals surface area (Å²) < 4.78 is 12.6. The summed E-state index contributed by atoms with van der Waals surface area (Å²) in [6.07, 6.45) is 1.85. The fraction of sp³-hybridized carbons (Fsp3) is 0.263. The van der Waals surface area contributed by atoms with Gasteiger partial charge in [0.2, 0.25) is 0 Å². The number of rotatable bonds is 3.